The Bertz CT molecular complexity index is 89.7. The molecule has 0 spiro atoms. The van der Waals surface area contributed by atoms with Crippen LogP contribution in [0.4, 0.5) is 0 Å². The summed E-state index contributed by atoms with van der Waals surface area (Å²) in [4.78, 5) is 1.16. The number of hydrogen-bond donors (Lipinski definition) is 1. The van der Waals surface area contributed by atoms with Crippen molar-refractivity contribution >= 4 is 39.9 Å². The summed E-state index contributed by atoms with van der Waals surface area (Å²) in [6.45, 7) is 1.97. The van der Waals surface area contributed by atoms with Crippen molar-refractivity contribution in [1.29, 1.82) is 5.41 Å². The molecule has 7 heavy (non-hydrogen) atoms. The van der Waals surface area contributed by atoms with Gasteiger partial charge in [0.1, 0.15) is 0 Å². The SMILES string of the molecule is C/C(=C/I)SC=N. The van der Waals surface area contributed by atoms with Gasteiger partial charge < -0.3 is 5.41 Å². The summed E-state index contributed by atoms with van der Waals surface area (Å²) >= 11 is 3.58. The van der Waals surface area contributed by atoms with Gasteiger partial charge in [0.25, 0.3) is 0 Å². The average Bonchev–Trinajstić information content (AvgIpc) is 1.68. The highest BCUT2D eigenvalue weighted by Gasteiger charge is 1.79. The van der Waals surface area contributed by atoms with E-state index in [1.807, 2.05) is 11.0 Å². The molecule has 1 N–H and O–H groups in total. The second-order valence-electron chi connectivity index (χ2n) is 0.955. The predicted octanol–water partition coefficient (Wildman–Crippen LogP) is 2.62. The van der Waals surface area contributed by atoms with Crippen molar-refractivity contribution in [2.45, 2.75) is 6.92 Å². The molecule has 0 aliphatic carbocycles. The van der Waals surface area contributed by atoms with Crippen LogP contribution in [0.1, 0.15) is 6.92 Å². The lowest BCUT2D eigenvalue weighted by molar-refractivity contribution is 1.60. The first-order valence-electron chi connectivity index (χ1n) is 1.74. The standard InChI is InChI=1S/C4H6INS/c1-4(2-5)7-3-6/h2-3,6H,1H3/b4-2-,6-3?. The number of hydrogen-bond acceptors (Lipinski definition) is 2. The summed E-state index contributed by atoms with van der Waals surface area (Å²) in [6.07, 6.45) is 0. The second kappa shape index (κ2) is 4.64. The maximum absolute atomic E-state index is 6.63. The maximum Gasteiger partial charge on any atom is 0.0551 e. The Labute approximate surface area is 61.2 Å². The van der Waals surface area contributed by atoms with Crippen LogP contribution in [-0.4, -0.2) is 5.55 Å². The second-order valence-corrected chi connectivity index (χ2v) is 2.69. The zero-order chi connectivity index (χ0) is 5.70. The molecule has 0 heterocycles. The summed E-state index contributed by atoms with van der Waals surface area (Å²) in [6, 6.07) is 0. The molecule has 40 valence electrons. The van der Waals surface area contributed by atoms with Crippen LogP contribution >= 0.6 is 34.4 Å². The molecule has 0 aliphatic rings. The molecule has 0 amide bonds. The van der Waals surface area contributed by atoms with E-state index in [0.29, 0.717) is 0 Å². The Hall–Kier alpha value is 0.490. The normalized spacial score (nSPS) is 11.4. The Morgan fingerprint density at radius 1 is 1.86 bits per heavy atom. The van der Waals surface area contributed by atoms with Crippen LogP contribution in [0, 0.1) is 5.41 Å². The molecule has 0 saturated carbocycles. The zero-order valence-electron chi connectivity index (χ0n) is 3.94. The van der Waals surface area contributed by atoms with Gasteiger partial charge in [0, 0.05) is 0 Å². The van der Waals surface area contributed by atoms with Gasteiger partial charge in [-0.25, -0.2) is 0 Å². The number of halogens is 1. The molecule has 0 rings (SSSR count). The van der Waals surface area contributed by atoms with Crippen molar-refractivity contribution in [2.24, 2.45) is 0 Å². The van der Waals surface area contributed by atoms with Gasteiger partial charge in [0.2, 0.25) is 0 Å². The fourth-order valence-corrected chi connectivity index (χ4v) is 0.796. The van der Waals surface area contributed by atoms with Crippen LogP contribution in [-0.2, 0) is 0 Å². The van der Waals surface area contributed by atoms with Gasteiger partial charge in [-0.05, 0) is 15.9 Å². The molecule has 0 fully saturated rings. The zero-order valence-corrected chi connectivity index (χ0v) is 6.91. The highest BCUT2D eigenvalue weighted by molar-refractivity contribution is 14.1. The molecule has 0 saturated heterocycles. The van der Waals surface area contributed by atoms with Gasteiger partial charge in [-0.1, -0.05) is 34.4 Å². The average molecular weight is 227 g/mol. The van der Waals surface area contributed by atoms with E-state index in [1.165, 1.54) is 17.3 Å². The molecule has 0 radical (unpaired) electrons. The van der Waals surface area contributed by atoms with E-state index < -0.39 is 0 Å². The van der Waals surface area contributed by atoms with Crippen LogP contribution in [0.3, 0.4) is 0 Å². The van der Waals surface area contributed by atoms with E-state index in [1.54, 1.807) is 0 Å². The molecular weight excluding hydrogens is 221 g/mol. The van der Waals surface area contributed by atoms with Gasteiger partial charge in [0.15, 0.2) is 0 Å². The van der Waals surface area contributed by atoms with Crippen molar-refractivity contribution in [3.05, 3.63) is 8.99 Å². The van der Waals surface area contributed by atoms with Crippen LogP contribution in [0.5, 0.6) is 0 Å². The van der Waals surface area contributed by atoms with Crippen molar-refractivity contribution in [1.82, 2.24) is 0 Å². The van der Waals surface area contributed by atoms with Crippen molar-refractivity contribution in [3.63, 3.8) is 0 Å². The third-order valence-electron chi connectivity index (χ3n) is 0.398. The van der Waals surface area contributed by atoms with E-state index in [4.69, 9.17) is 5.41 Å². The van der Waals surface area contributed by atoms with Crippen LogP contribution < -0.4 is 0 Å². The third-order valence-corrected chi connectivity index (χ3v) is 2.36. The lowest BCUT2D eigenvalue weighted by Gasteiger charge is -1.84. The summed E-state index contributed by atoms with van der Waals surface area (Å²) in [5.41, 5.74) is 1.32. The molecule has 0 unspecified atom stereocenters. The van der Waals surface area contributed by atoms with Gasteiger partial charge in [-0.2, -0.15) is 0 Å². The molecule has 0 atom stereocenters. The Balaban J connectivity index is 3.36. The number of allylic oxidation sites excluding steroid dienone is 1. The van der Waals surface area contributed by atoms with Crippen LogP contribution in [0.25, 0.3) is 0 Å². The number of nitrogens with one attached hydrogen (secondary N) is 1. The van der Waals surface area contributed by atoms with Crippen LogP contribution in [0.15, 0.2) is 8.99 Å². The molecule has 0 aromatic carbocycles. The smallest absolute Gasteiger partial charge is 0.0551 e. The van der Waals surface area contributed by atoms with Crippen LogP contribution in [0.2, 0.25) is 0 Å². The molecule has 0 aliphatic heterocycles. The highest BCUT2D eigenvalue weighted by atomic mass is 127. The quantitative estimate of drug-likeness (QED) is 0.437. The number of thioether (sulfide) groups is 1. The topological polar surface area (TPSA) is 23.9 Å². The van der Waals surface area contributed by atoms with Gasteiger partial charge >= 0.3 is 0 Å². The maximum atomic E-state index is 6.63. The van der Waals surface area contributed by atoms with Crippen molar-refractivity contribution in [2.75, 3.05) is 0 Å². The minimum absolute atomic E-state index is 1.16. The monoisotopic (exact) mass is 227 g/mol. The molecule has 0 aromatic rings. The lowest BCUT2D eigenvalue weighted by atomic mass is 10.8. The first-order chi connectivity index (χ1) is 3.31. The summed E-state index contributed by atoms with van der Waals surface area (Å²) in [5.74, 6) is 0. The Morgan fingerprint density at radius 2 is 2.43 bits per heavy atom. The third kappa shape index (κ3) is 4.34. The minimum atomic E-state index is 1.16. The molecule has 3 heteroatoms. The fourth-order valence-electron chi connectivity index (χ4n) is 0.119. The molecule has 1 nitrogen and oxygen atoms in total. The van der Waals surface area contributed by atoms with Gasteiger partial charge in [0.05, 0.1) is 5.55 Å². The summed E-state index contributed by atoms with van der Waals surface area (Å²) in [5, 5.41) is 6.63. The fraction of sp³-hybridized carbons (Fsp3) is 0.250. The van der Waals surface area contributed by atoms with Gasteiger partial charge in [-0.3, -0.25) is 0 Å². The van der Waals surface area contributed by atoms with E-state index in [0.717, 1.165) is 4.91 Å². The Kier molecular flexibility index (Phi) is 4.97. The molecule has 0 aromatic heterocycles. The number of rotatable bonds is 2. The van der Waals surface area contributed by atoms with Crippen molar-refractivity contribution in [3.8, 4) is 0 Å². The summed E-state index contributed by atoms with van der Waals surface area (Å²) in [7, 11) is 0. The minimum Gasteiger partial charge on any atom is -0.302 e. The first-order valence-corrected chi connectivity index (χ1v) is 3.86. The highest BCUT2D eigenvalue weighted by Crippen LogP contribution is 2.11. The van der Waals surface area contributed by atoms with Gasteiger partial charge in [-0.15, -0.1) is 0 Å². The lowest BCUT2D eigenvalue weighted by Crippen LogP contribution is -1.59. The van der Waals surface area contributed by atoms with Crippen molar-refractivity contribution < 1.29 is 0 Å². The van der Waals surface area contributed by atoms with E-state index >= 15 is 0 Å². The molecular formula is C4H6INS. The van der Waals surface area contributed by atoms with E-state index in [-0.39, 0.29) is 0 Å². The Morgan fingerprint density at radius 3 is 2.57 bits per heavy atom. The van der Waals surface area contributed by atoms with E-state index in [9.17, 15) is 0 Å². The molecule has 0 bridgehead atoms. The van der Waals surface area contributed by atoms with E-state index in [2.05, 4.69) is 22.6 Å². The first kappa shape index (κ1) is 7.49. The summed E-state index contributed by atoms with van der Waals surface area (Å²) < 4.78 is 1.95. The largest absolute Gasteiger partial charge is 0.302 e. The predicted molar refractivity (Wildman–Crippen MR) is 44.2 cm³/mol.